The number of carbonyl (C=O) groups is 1. The van der Waals surface area contributed by atoms with Gasteiger partial charge in [-0.1, -0.05) is 12.1 Å². The molecule has 8 nitrogen and oxygen atoms in total. The monoisotopic (exact) mass is 407 g/mol. The van der Waals surface area contributed by atoms with Crippen LogP contribution in [0, 0.1) is 6.92 Å². The van der Waals surface area contributed by atoms with Gasteiger partial charge in [-0.25, -0.2) is 4.98 Å². The van der Waals surface area contributed by atoms with Crippen LogP contribution in [0.4, 0.5) is 5.69 Å². The number of nitrogens with one attached hydrogen (secondary N) is 2. The lowest BCUT2D eigenvalue weighted by Crippen LogP contribution is -2.13. The van der Waals surface area contributed by atoms with Crippen molar-refractivity contribution in [3.8, 4) is 22.8 Å². The van der Waals surface area contributed by atoms with E-state index in [2.05, 4.69) is 25.5 Å². The van der Waals surface area contributed by atoms with E-state index in [9.17, 15) is 9.59 Å². The number of aromatic amines is 1. The molecule has 4 aromatic rings. The first-order valence-corrected chi connectivity index (χ1v) is 9.84. The van der Waals surface area contributed by atoms with E-state index in [0.717, 1.165) is 5.56 Å². The molecule has 146 valence electrons. The molecule has 0 bridgehead atoms. The SMILES string of the molecule is Cc1cc(=O)[nH]c(-c2cccc(NC(=O)CCc3nnc(-c4ccsc4)o3)c2)n1. The van der Waals surface area contributed by atoms with E-state index in [0.29, 0.717) is 41.0 Å². The Labute approximate surface area is 169 Å². The topological polar surface area (TPSA) is 114 Å². The Morgan fingerprint density at radius 2 is 2.10 bits per heavy atom. The summed E-state index contributed by atoms with van der Waals surface area (Å²) in [5, 5.41) is 14.7. The minimum atomic E-state index is -0.219. The van der Waals surface area contributed by atoms with Gasteiger partial charge in [0.2, 0.25) is 17.7 Å². The molecule has 0 atom stereocenters. The molecule has 0 aliphatic rings. The zero-order valence-electron chi connectivity index (χ0n) is 15.5. The number of H-pyrrole nitrogens is 1. The summed E-state index contributed by atoms with van der Waals surface area (Å²) in [7, 11) is 0. The summed E-state index contributed by atoms with van der Waals surface area (Å²) < 4.78 is 5.59. The number of thiophene rings is 1. The van der Waals surface area contributed by atoms with Crippen molar-refractivity contribution in [1.29, 1.82) is 0 Å². The summed E-state index contributed by atoms with van der Waals surface area (Å²) in [6.07, 6.45) is 0.546. The van der Waals surface area contributed by atoms with E-state index < -0.39 is 0 Å². The van der Waals surface area contributed by atoms with Crippen molar-refractivity contribution in [2.45, 2.75) is 19.8 Å². The largest absolute Gasteiger partial charge is 0.421 e. The van der Waals surface area contributed by atoms with Crippen molar-refractivity contribution >= 4 is 22.9 Å². The van der Waals surface area contributed by atoms with Crippen molar-refractivity contribution in [2.24, 2.45) is 0 Å². The Morgan fingerprint density at radius 3 is 2.90 bits per heavy atom. The second-order valence-corrected chi connectivity index (χ2v) is 7.16. The summed E-state index contributed by atoms with van der Waals surface area (Å²) >= 11 is 1.55. The molecule has 0 fully saturated rings. The van der Waals surface area contributed by atoms with Crippen LogP contribution >= 0.6 is 11.3 Å². The van der Waals surface area contributed by atoms with Crippen LogP contribution in [-0.2, 0) is 11.2 Å². The molecule has 0 unspecified atom stereocenters. The maximum atomic E-state index is 12.3. The Kier molecular flexibility index (Phi) is 5.30. The first kappa shape index (κ1) is 18.8. The van der Waals surface area contributed by atoms with Crippen molar-refractivity contribution in [1.82, 2.24) is 20.2 Å². The Bertz CT molecular complexity index is 1200. The van der Waals surface area contributed by atoms with Gasteiger partial charge < -0.3 is 14.7 Å². The molecule has 0 radical (unpaired) electrons. The van der Waals surface area contributed by atoms with Gasteiger partial charge in [0.1, 0.15) is 5.82 Å². The number of hydrogen-bond acceptors (Lipinski definition) is 7. The van der Waals surface area contributed by atoms with Crippen LogP contribution in [0.15, 0.2) is 56.4 Å². The maximum absolute atomic E-state index is 12.3. The van der Waals surface area contributed by atoms with Crippen LogP contribution in [0.1, 0.15) is 18.0 Å². The third kappa shape index (κ3) is 4.64. The summed E-state index contributed by atoms with van der Waals surface area (Å²) in [6.45, 7) is 1.76. The second kappa shape index (κ2) is 8.19. The molecular weight excluding hydrogens is 390 g/mol. The highest BCUT2D eigenvalue weighted by atomic mass is 32.1. The van der Waals surface area contributed by atoms with Gasteiger partial charge in [0.25, 0.3) is 5.56 Å². The smallest absolute Gasteiger partial charge is 0.251 e. The number of anilines is 1. The van der Waals surface area contributed by atoms with Gasteiger partial charge in [0, 0.05) is 46.8 Å². The highest BCUT2D eigenvalue weighted by molar-refractivity contribution is 7.08. The molecule has 0 saturated carbocycles. The minimum absolute atomic E-state index is 0.178. The standard InChI is InChI=1S/C20H17N5O3S/c1-12-9-17(27)23-19(21-12)13-3-2-4-15(10-13)22-16(26)5-6-18-24-25-20(28-18)14-7-8-29-11-14/h2-4,7-11H,5-6H2,1H3,(H,22,26)(H,21,23,27). The van der Waals surface area contributed by atoms with Gasteiger partial charge in [0.15, 0.2) is 0 Å². The van der Waals surface area contributed by atoms with E-state index in [1.165, 1.54) is 6.07 Å². The molecule has 9 heteroatoms. The predicted octanol–water partition coefficient (Wildman–Crippen LogP) is 3.43. The van der Waals surface area contributed by atoms with Crippen LogP contribution in [0.2, 0.25) is 0 Å². The molecule has 1 amide bonds. The van der Waals surface area contributed by atoms with Gasteiger partial charge in [-0.15, -0.1) is 10.2 Å². The number of aromatic nitrogens is 4. The molecule has 0 aliphatic heterocycles. The lowest BCUT2D eigenvalue weighted by Gasteiger charge is -2.07. The second-order valence-electron chi connectivity index (χ2n) is 6.38. The van der Waals surface area contributed by atoms with Crippen LogP contribution in [-0.4, -0.2) is 26.1 Å². The number of rotatable bonds is 6. The Hall–Kier alpha value is -3.59. The van der Waals surface area contributed by atoms with Gasteiger partial charge in [0.05, 0.1) is 0 Å². The summed E-state index contributed by atoms with van der Waals surface area (Å²) in [5.74, 6) is 1.15. The summed E-state index contributed by atoms with van der Waals surface area (Å²) in [5.41, 5.74) is 2.60. The molecule has 0 spiro atoms. The van der Waals surface area contributed by atoms with Crippen molar-refractivity contribution in [2.75, 3.05) is 5.32 Å². The normalized spacial score (nSPS) is 10.8. The summed E-state index contributed by atoms with van der Waals surface area (Å²) in [6, 6.07) is 10.5. The third-order valence-electron chi connectivity index (χ3n) is 4.09. The van der Waals surface area contributed by atoms with Crippen molar-refractivity contribution < 1.29 is 9.21 Å². The molecule has 4 rings (SSSR count). The van der Waals surface area contributed by atoms with E-state index >= 15 is 0 Å². The first-order valence-electron chi connectivity index (χ1n) is 8.90. The highest BCUT2D eigenvalue weighted by Crippen LogP contribution is 2.21. The van der Waals surface area contributed by atoms with Gasteiger partial charge >= 0.3 is 0 Å². The predicted molar refractivity (Wildman–Crippen MR) is 110 cm³/mol. The lowest BCUT2D eigenvalue weighted by molar-refractivity contribution is -0.116. The maximum Gasteiger partial charge on any atom is 0.251 e. The number of aryl methyl sites for hydroxylation is 2. The van der Waals surface area contributed by atoms with Gasteiger partial charge in [-0.05, 0) is 30.5 Å². The molecule has 0 saturated heterocycles. The molecule has 3 heterocycles. The van der Waals surface area contributed by atoms with Gasteiger partial charge in [-0.2, -0.15) is 11.3 Å². The first-order chi connectivity index (χ1) is 14.1. The molecular formula is C20H17N5O3S. The van der Waals surface area contributed by atoms with E-state index in [4.69, 9.17) is 4.42 Å². The fraction of sp³-hybridized carbons (Fsp3) is 0.150. The molecule has 3 aromatic heterocycles. The van der Waals surface area contributed by atoms with Crippen LogP contribution < -0.4 is 10.9 Å². The Morgan fingerprint density at radius 1 is 1.21 bits per heavy atom. The van der Waals surface area contributed by atoms with Crippen LogP contribution in [0.25, 0.3) is 22.8 Å². The minimum Gasteiger partial charge on any atom is -0.421 e. The lowest BCUT2D eigenvalue weighted by atomic mass is 10.1. The van der Waals surface area contributed by atoms with Crippen molar-refractivity contribution in [3.05, 3.63) is 69.1 Å². The molecule has 2 N–H and O–H groups in total. The zero-order chi connectivity index (χ0) is 20.2. The number of hydrogen-bond donors (Lipinski definition) is 2. The fourth-order valence-corrected chi connectivity index (χ4v) is 3.39. The van der Waals surface area contributed by atoms with Gasteiger partial charge in [-0.3, -0.25) is 9.59 Å². The average molecular weight is 407 g/mol. The Balaban J connectivity index is 1.39. The number of nitrogens with zero attached hydrogens (tertiary/aromatic N) is 3. The number of carbonyl (C=O) groups excluding carboxylic acids is 1. The van der Waals surface area contributed by atoms with Crippen LogP contribution in [0.3, 0.4) is 0 Å². The zero-order valence-corrected chi connectivity index (χ0v) is 16.3. The van der Waals surface area contributed by atoms with E-state index in [1.807, 2.05) is 22.9 Å². The molecule has 0 aliphatic carbocycles. The third-order valence-corrected chi connectivity index (χ3v) is 4.77. The van der Waals surface area contributed by atoms with E-state index in [-0.39, 0.29) is 17.9 Å². The molecule has 1 aromatic carbocycles. The fourth-order valence-electron chi connectivity index (χ4n) is 2.76. The number of benzene rings is 1. The number of amides is 1. The molecule has 29 heavy (non-hydrogen) atoms. The van der Waals surface area contributed by atoms with Crippen LogP contribution in [0.5, 0.6) is 0 Å². The summed E-state index contributed by atoms with van der Waals surface area (Å²) in [4.78, 5) is 31.0. The highest BCUT2D eigenvalue weighted by Gasteiger charge is 2.11. The average Bonchev–Trinajstić information content (AvgIpc) is 3.37. The van der Waals surface area contributed by atoms with E-state index in [1.54, 1.807) is 36.5 Å². The van der Waals surface area contributed by atoms with Crippen molar-refractivity contribution in [3.63, 3.8) is 0 Å². The quantitative estimate of drug-likeness (QED) is 0.506.